The van der Waals surface area contributed by atoms with Gasteiger partial charge in [0.1, 0.15) is 5.75 Å². The Morgan fingerprint density at radius 1 is 1.12 bits per heavy atom. The first kappa shape index (κ1) is 13.0. The van der Waals surface area contributed by atoms with Crippen LogP contribution in [-0.2, 0) is 6.42 Å². The van der Waals surface area contributed by atoms with Crippen molar-refractivity contribution in [3.05, 3.63) is 29.8 Å². The van der Waals surface area contributed by atoms with E-state index in [1.807, 2.05) is 19.1 Å². The van der Waals surface area contributed by atoms with Crippen molar-refractivity contribution in [2.24, 2.45) is 0 Å². The minimum Gasteiger partial charge on any atom is -0.508 e. The summed E-state index contributed by atoms with van der Waals surface area (Å²) in [6, 6.07) is 7.20. The summed E-state index contributed by atoms with van der Waals surface area (Å²) in [5.41, 5.74) is 0.600. The Hall–Kier alpha value is -1.02. The normalized spacial score (nSPS) is 14.7. The molecule has 0 radical (unpaired) electrons. The van der Waals surface area contributed by atoms with Gasteiger partial charge in [-0.3, -0.25) is 0 Å². The highest BCUT2D eigenvalue weighted by Crippen LogP contribution is 2.21. The summed E-state index contributed by atoms with van der Waals surface area (Å²) in [6.45, 7) is 4.04. The Morgan fingerprint density at radius 3 is 2.31 bits per heavy atom. The molecule has 1 aromatic rings. The number of unbranched alkanes of at least 4 members (excludes halogenated alkanes) is 1. The molecular formula is C14H22O2. The fourth-order valence-corrected chi connectivity index (χ4v) is 1.76. The lowest BCUT2D eigenvalue weighted by molar-refractivity contribution is 0.0401. The summed E-state index contributed by atoms with van der Waals surface area (Å²) in [6.07, 6.45) is 4.69. The van der Waals surface area contributed by atoms with E-state index in [2.05, 4.69) is 6.92 Å². The van der Waals surface area contributed by atoms with E-state index in [0.717, 1.165) is 37.7 Å². The van der Waals surface area contributed by atoms with Crippen molar-refractivity contribution in [3.8, 4) is 5.75 Å². The second-order valence-corrected chi connectivity index (χ2v) is 4.77. The van der Waals surface area contributed by atoms with E-state index < -0.39 is 5.60 Å². The monoisotopic (exact) mass is 222 g/mol. The van der Waals surface area contributed by atoms with E-state index in [0.29, 0.717) is 5.75 Å². The minimum atomic E-state index is -0.562. The van der Waals surface area contributed by atoms with Gasteiger partial charge in [-0.1, -0.05) is 31.9 Å². The maximum atomic E-state index is 10.1. The summed E-state index contributed by atoms with van der Waals surface area (Å²) >= 11 is 0. The lowest BCUT2D eigenvalue weighted by atomic mass is 9.92. The molecule has 16 heavy (non-hydrogen) atoms. The van der Waals surface area contributed by atoms with Crippen LogP contribution in [0.5, 0.6) is 5.75 Å². The van der Waals surface area contributed by atoms with Crippen molar-refractivity contribution in [3.63, 3.8) is 0 Å². The zero-order chi connectivity index (χ0) is 12.0. The molecule has 1 rings (SSSR count). The third-order valence-electron chi connectivity index (χ3n) is 2.96. The number of aliphatic hydroxyl groups is 1. The Bertz CT molecular complexity index is 301. The molecule has 0 saturated heterocycles. The van der Waals surface area contributed by atoms with Gasteiger partial charge in [-0.05, 0) is 43.9 Å². The quantitative estimate of drug-likeness (QED) is 0.775. The first-order valence-electron chi connectivity index (χ1n) is 6.04. The van der Waals surface area contributed by atoms with Crippen LogP contribution in [0.2, 0.25) is 0 Å². The van der Waals surface area contributed by atoms with Crippen molar-refractivity contribution >= 4 is 0 Å². The standard InChI is InChI=1S/C14H22O2/c1-3-4-10-14(2,16)11-9-12-5-7-13(15)8-6-12/h5-8,15-16H,3-4,9-11H2,1-2H3. The molecule has 0 saturated carbocycles. The van der Waals surface area contributed by atoms with Gasteiger partial charge in [-0.25, -0.2) is 0 Å². The van der Waals surface area contributed by atoms with Gasteiger partial charge < -0.3 is 10.2 Å². The molecular weight excluding hydrogens is 200 g/mol. The number of hydrogen-bond acceptors (Lipinski definition) is 2. The van der Waals surface area contributed by atoms with Crippen LogP contribution < -0.4 is 0 Å². The number of phenolic OH excluding ortho intramolecular Hbond substituents is 1. The Balaban J connectivity index is 2.41. The van der Waals surface area contributed by atoms with Crippen LogP contribution >= 0.6 is 0 Å². The summed E-state index contributed by atoms with van der Waals surface area (Å²) in [5.74, 6) is 0.293. The average molecular weight is 222 g/mol. The predicted molar refractivity (Wildman–Crippen MR) is 66.6 cm³/mol. The highest BCUT2D eigenvalue weighted by Gasteiger charge is 2.18. The third kappa shape index (κ3) is 4.67. The van der Waals surface area contributed by atoms with Gasteiger partial charge in [0.05, 0.1) is 5.60 Å². The van der Waals surface area contributed by atoms with Crippen LogP contribution in [0.15, 0.2) is 24.3 Å². The van der Waals surface area contributed by atoms with Gasteiger partial charge in [0.15, 0.2) is 0 Å². The summed E-state index contributed by atoms with van der Waals surface area (Å²) in [7, 11) is 0. The topological polar surface area (TPSA) is 40.5 Å². The fraction of sp³-hybridized carbons (Fsp3) is 0.571. The Labute approximate surface area is 97.9 Å². The molecule has 0 spiro atoms. The van der Waals surface area contributed by atoms with Gasteiger partial charge in [-0.15, -0.1) is 0 Å². The second kappa shape index (κ2) is 5.90. The van der Waals surface area contributed by atoms with Gasteiger partial charge in [0.2, 0.25) is 0 Å². The molecule has 0 aliphatic rings. The Kier molecular flexibility index (Phi) is 4.81. The number of aryl methyl sites for hydroxylation is 1. The molecule has 1 unspecified atom stereocenters. The first-order valence-corrected chi connectivity index (χ1v) is 6.04. The third-order valence-corrected chi connectivity index (χ3v) is 2.96. The van der Waals surface area contributed by atoms with Crippen molar-refractivity contribution in [1.82, 2.24) is 0 Å². The fourth-order valence-electron chi connectivity index (χ4n) is 1.76. The largest absolute Gasteiger partial charge is 0.508 e. The van der Waals surface area contributed by atoms with Gasteiger partial charge in [0.25, 0.3) is 0 Å². The maximum absolute atomic E-state index is 10.1. The van der Waals surface area contributed by atoms with Crippen LogP contribution in [0.3, 0.4) is 0 Å². The van der Waals surface area contributed by atoms with Crippen LogP contribution in [0, 0.1) is 0 Å². The SMILES string of the molecule is CCCCC(C)(O)CCc1ccc(O)cc1. The van der Waals surface area contributed by atoms with Crippen molar-refractivity contribution < 1.29 is 10.2 Å². The molecule has 90 valence electrons. The van der Waals surface area contributed by atoms with Crippen LogP contribution in [0.4, 0.5) is 0 Å². The molecule has 0 amide bonds. The second-order valence-electron chi connectivity index (χ2n) is 4.77. The molecule has 0 fully saturated rings. The highest BCUT2D eigenvalue weighted by molar-refractivity contribution is 5.26. The molecule has 0 aromatic heterocycles. The maximum Gasteiger partial charge on any atom is 0.115 e. The Morgan fingerprint density at radius 2 is 1.75 bits per heavy atom. The smallest absolute Gasteiger partial charge is 0.115 e. The zero-order valence-corrected chi connectivity index (χ0v) is 10.2. The molecule has 1 atom stereocenters. The van der Waals surface area contributed by atoms with Crippen molar-refractivity contribution in [1.29, 1.82) is 0 Å². The van der Waals surface area contributed by atoms with Crippen molar-refractivity contribution in [2.75, 3.05) is 0 Å². The molecule has 0 aliphatic heterocycles. The van der Waals surface area contributed by atoms with Crippen LogP contribution in [0.25, 0.3) is 0 Å². The number of benzene rings is 1. The summed E-state index contributed by atoms with van der Waals surface area (Å²) in [5, 5.41) is 19.3. The van der Waals surface area contributed by atoms with Gasteiger partial charge in [0, 0.05) is 0 Å². The average Bonchev–Trinajstić information content (AvgIpc) is 2.26. The van der Waals surface area contributed by atoms with Crippen LogP contribution in [0.1, 0.15) is 45.1 Å². The van der Waals surface area contributed by atoms with Gasteiger partial charge >= 0.3 is 0 Å². The summed E-state index contributed by atoms with van der Waals surface area (Å²) in [4.78, 5) is 0. The lowest BCUT2D eigenvalue weighted by Crippen LogP contribution is -2.24. The molecule has 2 nitrogen and oxygen atoms in total. The number of hydrogen-bond donors (Lipinski definition) is 2. The molecule has 2 heteroatoms. The lowest BCUT2D eigenvalue weighted by Gasteiger charge is -2.23. The number of aromatic hydroxyl groups is 1. The van der Waals surface area contributed by atoms with E-state index in [-0.39, 0.29) is 0 Å². The van der Waals surface area contributed by atoms with E-state index in [9.17, 15) is 5.11 Å². The van der Waals surface area contributed by atoms with E-state index in [1.165, 1.54) is 0 Å². The van der Waals surface area contributed by atoms with E-state index >= 15 is 0 Å². The zero-order valence-electron chi connectivity index (χ0n) is 10.2. The number of phenols is 1. The highest BCUT2D eigenvalue weighted by atomic mass is 16.3. The van der Waals surface area contributed by atoms with E-state index in [1.54, 1.807) is 12.1 Å². The predicted octanol–water partition coefficient (Wildman–Crippen LogP) is 3.27. The minimum absolute atomic E-state index is 0.293. The number of rotatable bonds is 6. The van der Waals surface area contributed by atoms with Gasteiger partial charge in [-0.2, -0.15) is 0 Å². The molecule has 2 N–H and O–H groups in total. The molecule has 0 bridgehead atoms. The molecule has 0 heterocycles. The first-order chi connectivity index (χ1) is 7.53. The van der Waals surface area contributed by atoms with Crippen LogP contribution in [-0.4, -0.2) is 15.8 Å². The summed E-state index contributed by atoms with van der Waals surface area (Å²) < 4.78 is 0. The molecule has 1 aromatic carbocycles. The molecule has 0 aliphatic carbocycles. The van der Waals surface area contributed by atoms with Crippen molar-refractivity contribution in [2.45, 2.75) is 51.6 Å². The van der Waals surface area contributed by atoms with E-state index in [4.69, 9.17) is 5.11 Å².